The number of benzene rings is 1. The number of anilines is 1. The van der Waals surface area contributed by atoms with Crippen molar-refractivity contribution in [3.05, 3.63) is 40.3 Å². The number of aromatic nitrogens is 1. The second-order valence-corrected chi connectivity index (χ2v) is 5.02. The van der Waals surface area contributed by atoms with Crippen LogP contribution in [0.3, 0.4) is 0 Å². The van der Waals surface area contributed by atoms with Gasteiger partial charge in [0.05, 0.1) is 11.6 Å². The van der Waals surface area contributed by atoms with Crippen LogP contribution in [0.5, 0.6) is 5.75 Å². The van der Waals surface area contributed by atoms with Gasteiger partial charge in [-0.2, -0.15) is 0 Å². The number of nitrogens with one attached hydrogen (secondary N) is 1. The first-order chi connectivity index (χ1) is 9.72. The van der Waals surface area contributed by atoms with Crippen LogP contribution < -0.4 is 15.8 Å². The smallest absolute Gasteiger partial charge is 0.275 e. The van der Waals surface area contributed by atoms with Crippen molar-refractivity contribution >= 4 is 35.3 Å². The van der Waals surface area contributed by atoms with E-state index in [1.54, 1.807) is 11.4 Å². The fraction of sp³-hybridized carbons (Fsp3) is 0.286. The third kappa shape index (κ3) is 5.00. The lowest BCUT2D eigenvalue weighted by molar-refractivity contribution is 0.102. The molecule has 0 unspecified atom stereocenters. The molecule has 21 heavy (non-hydrogen) atoms. The number of thiazole rings is 1. The van der Waals surface area contributed by atoms with Gasteiger partial charge in [0.25, 0.3) is 5.91 Å². The van der Waals surface area contributed by atoms with Gasteiger partial charge in [0, 0.05) is 23.6 Å². The fourth-order valence-corrected chi connectivity index (χ4v) is 2.47. The van der Waals surface area contributed by atoms with Crippen molar-refractivity contribution < 1.29 is 9.53 Å². The van der Waals surface area contributed by atoms with Crippen LogP contribution in [0.2, 0.25) is 0 Å². The van der Waals surface area contributed by atoms with E-state index >= 15 is 0 Å². The molecule has 1 heterocycles. The Hall–Kier alpha value is -1.63. The van der Waals surface area contributed by atoms with Gasteiger partial charge in [-0.1, -0.05) is 6.07 Å². The molecular formula is C14H18ClN3O2S. The molecule has 1 amide bonds. The summed E-state index contributed by atoms with van der Waals surface area (Å²) in [5.41, 5.74) is 6.57. The van der Waals surface area contributed by atoms with Crippen LogP contribution in [-0.4, -0.2) is 24.0 Å². The molecule has 0 aliphatic rings. The summed E-state index contributed by atoms with van der Waals surface area (Å²) >= 11 is 1.45. The highest BCUT2D eigenvalue weighted by Crippen LogP contribution is 2.18. The molecule has 114 valence electrons. The van der Waals surface area contributed by atoms with E-state index in [2.05, 4.69) is 10.3 Å². The number of halogens is 1. The highest BCUT2D eigenvalue weighted by molar-refractivity contribution is 7.09. The van der Waals surface area contributed by atoms with Crippen LogP contribution in [0.15, 0.2) is 29.6 Å². The van der Waals surface area contributed by atoms with Gasteiger partial charge < -0.3 is 15.8 Å². The molecule has 0 bridgehead atoms. The molecule has 0 aliphatic carbocycles. The highest BCUT2D eigenvalue weighted by Gasteiger charge is 2.11. The average Bonchev–Trinajstić information content (AvgIpc) is 2.89. The number of nitrogens with two attached hydrogens (primary N) is 1. The van der Waals surface area contributed by atoms with Crippen molar-refractivity contribution in [2.75, 3.05) is 18.5 Å². The van der Waals surface area contributed by atoms with Gasteiger partial charge >= 0.3 is 0 Å². The number of ether oxygens (including phenoxy) is 1. The van der Waals surface area contributed by atoms with E-state index in [4.69, 9.17) is 10.5 Å². The van der Waals surface area contributed by atoms with Crippen molar-refractivity contribution in [2.45, 2.75) is 13.3 Å². The maximum atomic E-state index is 12.1. The number of hydrogen-bond donors (Lipinski definition) is 2. The van der Waals surface area contributed by atoms with E-state index < -0.39 is 0 Å². The number of carbonyl (C=O) groups excluding carboxylic acids is 1. The fourth-order valence-electron chi connectivity index (χ4n) is 1.68. The number of rotatable bonds is 6. The van der Waals surface area contributed by atoms with Gasteiger partial charge in [-0.3, -0.25) is 4.79 Å². The van der Waals surface area contributed by atoms with E-state index in [1.165, 1.54) is 11.3 Å². The van der Waals surface area contributed by atoms with E-state index in [0.717, 1.165) is 10.8 Å². The predicted octanol–water partition coefficient (Wildman–Crippen LogP) is 2.72. The maximum Gasteiger partial charge on any atom is 0.275 e. The van der Waals surface area contributed by atoms with Gasteiger partial charge in [-0.25, -0.2) is 4.98 Å². The van der Waals surface area contributed by atoms with Crippen LogP contribution in [0.1, 0.15) is 22.4 Å². The molecule has 0 radical (unpaired) electrons. The second-order valence-electron chi connectivity index (χ2n) is 4.08. The van der Waals surface area contributed by atoms with Crippen LogP contribution in [0, 0.1) is 0 Å². The third-order valence-corrected chi connectivity index (χ3v) is 3.45. The lowest BCUT2D eigenvalue weighted by Crippen LogP contribution is -2.12. The Morgan fingerprint density at radius 3 is 3.00 bits per heavy atom. The Balaban J connectivity index is 0.00000220. The van der Waals surface area contributed by atoms with Crippen molar-refractivity contribution in [3.8, 4) is 5.75 Å². The zero-order valence-electron chi connectivity index (χ0n) is 11.7. The van der Waals surface area contributed by atoms with Crippen molar-refractivity contribution in [3.63, 3.8) is 0 Å². The summed E-state index contributed by atoms with van der Waals surface area (Å²) in [7, 11) is 0. The van der Waals surface area contributed by atoms with Crippen LogP contribution in [0.25, 0.3) is 0 Å². The first-order valence-electron chi connectivity index (χ1n) is 6.41. The minimum Gasteiger partial charge on any atom is -0.494 e. The quantitative estimate of drug-likeness (QED) is 0.855. The predicted molar refractivity (Wildman–Crippen MR) is 87.7 cm³/mol. The number of amides is 1. The maximum absolute atomic E-state index is 12.1. The Bertz CT molecular complexity index is 589. The third-order valence-electron chi connectivity index (χ3n) is 2.55. The van der Waals surface area contributed by atoms with Crippen LogP contribution >= 0.6 is 23.7 Å². The molecule has 0 atom stereocenters. The molecule has 1 aromatic heterocycles. The summed E-state index contributed by atoms with van der Waals surface area (Å²) in [4.78, 5) is 16.3. The zero-order valence-corrected chi connectivity index (χ0v) is 13.3. The summed E-state index contributed by atoms with van der Waals surface area (Å²) in [6.07, 6.45) is 0.692. The number of carbonyl (C=O) groups is 1. The topological polar surface area (TPSA) is 77.2 Å². The molecule has 3 N–H and O–H groups in total. The Labute approximate surface area is 133 Å². The molecule has 0 saturated heterocycles. The molecule has 1 aromatic carbocycles. The van der Waals surface area contributed by atoms with E-state index in [9.17, 15) is 4.79 Å². The van der Waals surface area contributed by atoms with Crippen molar-refractivity contribution in [1.82, 2.24) is 4.98 Å². The lowest BCUT2D eigenvalue weighted by atomic mass is 10.3. The zero-order chi connectivity index (χ0) is 14.4. The normalized spacial score (nSPS) is 9.81. The molecule has 0 aliphatic heterocycles. The van der Waals surface area contributed by atoms with Gasteiger partial charge in [0.2, 0.25) is 0 Å². The molecule has 0 spiro atoms. The largest absolute Gasteiger partial charge is 0.494 e. The summed E-state index contributed by atoms with van der Waals surface area (Å²) in [5.74, 6) is 0.505. The molecule has 7 heteroatoms. The van der Waals surface area contributed by atoms with Crippen LogP contribution in [-0.2, 0) is 6.42 Å². The van der Waals surface area contributed by atoms with Gasteiger partial charge in [0.15, 0.2) is 0 Å². The van der Waals surface area contributed by atoms with Gasteiger partial charge in [-0.15, -0.1) is 23.7 Å². The van der Waals surface area contributed by atoms with Crippen molar-refractivity contribution in [2.24, 2.45) is 5.73 Å². The number of nitrogens with zero attached hydrogens (tertiary/aromatic N) is 1. The SMILES string of the molecule is CCOc1cccc(NC(=O)c2csc(CCN)n2)c1.Cl. The van der Waals surface area contributed by atoms with Crippen LogP contribution in [0.4, 0.5) is 5.69 Å². The summed E-state index contributed by atoms with van der Waals surface area (Å²) in [6.45, 7) is 3.04. The molecule has 2 aromatic rings. The minimum absolute atomic E-state index is 0. The first kappa shape index (κ1) is 17.4. The standard InChI is InChI=1S/C14H17N3O2S.ClH/c1-2-19-11-5-3-4-10(8-11)16-14(18)12-9-20-13(17-12)6-7-15;/h3-5,8-9H,2,6-7,15H2,1H3,(H,16,18);1H. The highest BCUT2D eigenvalue weighted by atomic mass is 35.5. The van der Waals surface area contributed by atoms with E-state index in [-0.39, 0.29) is 18.3 Å². The van der Waals surface area contributed by atoms with Gasteiger partial charge in [-0.05, 0) is 25.6 Å². The Morgan fingerprint density at radius 2 is 2.29 bits per heavy atom. The second kappa shape index (κ2) is 8.61. The first-order valence-corrected chi connectivity index (χ1v) is 7.29. The summed E-state index contributed by atoms with van der Waals surface area (Å²) in [5, 5.41) is 5.42. The van der Waals surface area contributed by atoms with Gasteiger partial charge in [0.1, 0.15) is 11.4 Å². The molecule has 0 fully saturated rings. The summed E-state index contributed by atoms with van der Waals surface area (Å²) in [6, 6.07) is 7.28. The Kier molecular flexibility index (Phi) is 7.14. The number of hydrogen-bond acceptors (Lipinski definition) is 5. The molecular weight excluding hydrogens is 310 g/mol. The molecule has 2 rings (SSSR count). The van der Waals surface area contributed by atoms with E-state index in [0.29, 0.717) is 31.0 Å². The Morgan fingerprint density at radius 1 is 1.48 bits per heavy atom. The summed E-state index contributed by atoms with van der Waals surface area (Å²) < 4.78 is 5.39. The van der Waals surface area contributed by atoms with E-state index in [1.807, 2.05) is 25.1 Å². The minimum atomic E-state index is -0.224. The van der Waals surface area contributed by atoms with Crippen molar-refractivity contribution in [1.29, 1.82) is 0 Å². The molecule has 5 nitrogen and oxygen atoms in total. The monoisotopic (exact) mass is 327 g/mol. The lowest BCUT2D eigenvalue weighted by Gasteiger charge is -2.06. The average molecular weight is 328 g/mol. The molecule has 0 saturated carbocycles.